The Bertz CT molecular complexity index is 629. The molecule has 0 aliphatic heterocycles. The van der Waals surface area contributed by atoms with Crippen molar-refractivity contribution in [2.24, 2.45) is 0 Å². The van der Waals surface area contributed by atoms with E-state index in [4.69, 9.17) is 0 Å². The fourth-order valence-corrected chi connectivity index (χ4v) is 2.67. The van der Waals surface area contributed by atoms with Crippen molar-refractivity contribution < 1.29 is 4.79 Å². The van der Waals surface area contributed by atoms with Crippen molar-refractivity contribution >= 4 is 21.7 Å². The van der Waals surface area contributed by atoms with Crippen molar-refractivity contribution in [2.75, 3.05) is 0 Å². The predicted octanol–water partition coefficient (Wildman–Crippen LogP) is 4.74. The molecule has 0 saturated heterocycles. The normalized spacial score (nSPS) is 11.1. The van der Waals surface area contributed by atoms with E-state index in [-0.39, 0.29) is 5.78 Å². The minimum atomic E-state index is 0.111. The van der Waals surface area contributed by atoms with Crippen LogP contribution in [-0.2, 0) is 6.42 Å². The first kappa shape index (κ1) is 16.0. The maximum absolute atomic E-state index is 12.3. The van der Waals surface area contributed by atoms with Gasteiger partial charge in [0, 0.05) is 16.2 Å². The number of carbonyl (C=O) groups is 1. The number of Topliss-reactive ketones (excluding diaryl/α,β-unsaturated/α-hetero) is 1. The topological polar surface area (TPSA) is 34.9 Å². The molecule has 0 aliphatic carbocycles. The predicted molar refractivity (Wildman–Crippen MR) is 88.8 cm³/mol. The number of rotatable bonds is 6. The molecule has 0 bridgehead atoms. The third-order valence-corrected chi connectivity index (χ3v) is 4.69. The van der Waals surface area contributed by atoms with Crippen molar-refractivity contribution in [1.82, 2.24) is 9.78 Å². The van der Waals surface area contributed by atoms with E-state index in [9.17, 15) is 4.79 Å². The van der Waals surface area contributed by atoms with Crippen molar-refractivity contribution in [3.63, 3.8) is 0 Å². The zero-order chi connectivity index (χ0) is 15.4. The molecule has 1 heterocycles. The number of aryl methyl sites for hydroxylation is 1. The van der Waals surface area contributed by atoms with Crippen LogP contribution < -0.4 is 0 Å². The van der Waals surface area contributed by atoms with Gasteiger partial charge in [0.25, 0.3) is 0 Å². The lowest BCUT2D eigenvalue weighted by molar-refractivity contribution is 0.0991. The summed E-state index contributed by atoms with van der Waals surface area (Å²) in [6.07, 6.45) is 4.44. The number of aromatic nitrogens is 2. The fourth-order valence-electron chi connectivity index (χ4n) is 2.42. The molecule has 3 nitrogen and oxygen atoms in total. The van der Waals surface area contributed by atoms with Crippen LogP contribution in [0.1, 0.15) is 54.3 Å². The molecule has 0 atom stereocenters. The average molecular weight is 349 g/mol. The van der Waals surface area contributed by atoms with Crippen LogP contribution in [0, 0.1) is 6.92 Å². The number of halogens is 1. The molecule has 112 valence electrons. The van der Waals surface area contributed by atoms with Crippen LogP contribution in [0.2, 0.25) is 0 Å². The number of ketones is 1. The van der Waals surface area contributed by atoms with Crippen molar-refractivity contribution in [1.29, 1.82) is 0 Å². The van der Waals surface area contributed by atoms with E-state index in [2.05, 4.69) is 34.9 Å². The SMILES string of the molecule is CCC(CC)n1ccc(CC(=O)c2ccc(Br)c(C)c2)n1. The highest BCUT2D eigenvalue weighted by Crippen LogP contribution is 2.19. The number of carbonyl (C=O) groups excluding carboxylic acids is 1. The van der Waals surface area contributed by atoms with Gasteiger partial charge >= 0.3 is 0 Å². The second kappa shape index (κ2) is 7.03. The molecule has 21 heavy (non-hydrogen) atoms. The lowest BCUT2D eigenvalue weighted by Crippen LogP contribution is -2.09. The van der Waals surface area contributed by atoms with Gasteiger partial charge in [0.05, 0.1) is 18.2 Å². The number of benzene rings is 1. The summed E-state index contributed by atoms with van der Waals surface area (Å²) in [5.74, 6) is 0.111. The third kappa shape index (κ3) is 3.82. The maximum Gasteiger partial charge on any atom is 0.168 e. The van der Waals surface area contributed by atoms with Crippen LogP contribution in [0.3, 0.4) is 0 Å². The maximum atomic E-state index is 12.3. The van der Waals surface area contributed by atoms with Gasteiger partial charge in [0.15, 0.2) is 5.78 Å². The lowest BCUT2D eigenvalue weighted by atomic mass is 10.0. The Morgan fingerprint density at radius 2 is 2.00 bits per heavy atom. The molecule has 0 aliphatic rings. The molecular formula is C17H21BrN2O. The molecule has 0 N–H and O–H groups in total. The summed E-state index contributed by atoms with van der Waals surface area (Å²) in [7, 11) is 0. The smallest absolute Gasteiger partial charge is 0.168 e. The van der Waals surface area contributed by atoms with Crippen LogP contribution >= 0.6 is 15.9 Å². The average Bonchev–Trinajstić information content (AvgIpc) is 2.91. The summed E-state index contributed by atoms with van der Waals surface area (Å²) in [5, 5.41) is 4.54. The molecule has 1 aromatic carbocycles. The van der Waals surface area contributed by atoms with Crippen molar-refractivity contribution in [2.45, 2.75) is 46.1 Å². The van der Waals surface area contributed by atoms with Crippen LogP contribution in [0.5, 0.6) is 0 Å². The molecule has 0 unspecified atom stereocenters. The highest BCUT2D eigenvalue weighted by atomic mass is 79.9. The van der Waals surface area contributed by atoms with Crippen LogP contribution in [-0.4, -0.2) is 15.6 Å². The second-order valence-electron chi connectivity index (χ2n) is 5.32. The first-order valence-electron chi connectivity index (χ1n) is 7.38. The molecule has 0 amide bonds. The van der Waals surface area contributed by atoms with E-state index < -0.39 is 0 Å². The van der Waals surface area contributed by atoms with Crippen molar-refractivity contribution in [3.05, 3.63) is 51.8 Å². The molecule has 0 spiro atoms. The molecule has 4 heteroatoms. The highest BCUT2D eigenvalue weighted by molar-refractivity contribution is 9.10. The van der Waals surface area contributed by atoms with Gasteiger partial charge in [0.1, 0.15) is 0 Å². The lowest BCUT2D eigenvalue weighted by Gasteiger charge is -2.12. The Morgan fingerprint density at radius 1 is 1.29 bits per heavy atom. The first-order chi connectivity index (χ1) is 10.0. The van der Waals surface area contributed by atoms with E-state index in [1.54, 1.807) is 0 Å². The zero-order valence-corrected chi connectivity index (χ0v) is 14.4. The third-order valence-electron chi connectivity index (χ3n) is 3.80. The van der Waals surface area contributed by atoms with E-state index in [1.807, 2.05) is 42.1 Å². The summed E-state index contributed by atoms with van der Waals surface area (Å²) in [4.78, 5) is 12.3. The summed E-state index contributed by atoms with van der Waals surface area (Å²) in [5.41, 5.74) is 2.66. The minimum absolute atomic E-state index is 0.111. The molecule has 2 aromatic rings. The zero-order valence-electron chi connectivity index (χ0n) is 12.8. The monoisotopic (exact) mass is 348 g/mol. The number of hydrogen-bond acceptors (Lipinski definition) is 2. The molecule has 0 radical (unpaired) electrons. The summed E-state index contributed by atoms with van der Waals surface area (Å²) >= 11 is 3.45. The summed E-state index contributed by atoms with van der Waals surface area (Å²) in [6.45, 7) is 6.30. The van der Waals surface area contributed by atoms with Gasteiger partial charge in [-0.25, -0.2) is 0 Å². The summed E-state index contributed by atoms with van der Waals surface area (Å²) < 4.78 is 3.01. The van der Waals surface area contributed by atoms with Crippen molar-refractivity contribution in [3.8, 4) is 0 Å². The Kier molecular flexibility index (Phi) is 5.34. The van der Waals surface area contributed by atoms with Gasteiger partial charge in [-0.2, -0.15) is 5.10 Å². The largest absolute Gasteiger partial charge is 0.294 e. The first-order valence-corrected chi connectivity index (χ1v) is 8.17. The Hall–Kier alpha value is -1.42. The van der Waals surface area contributed by atoms with Gasteiger partial charge in [-0.3, -0.25) is 9.48 Å². The second-order valence-corrected chi connectivity index (χ2v) is 6.18. The van der Waals surface area contributed by atoms with E-state index in [0.717, 1.165) is 34.1 Å². The number of nitrogens with zero attached hydrogens (tertiary/aromatic N) is 2. The molecule has 0 fully saturated rings. The minimum Gasteiger partial charge on any atom is -0.294 e. The Balaban J connectivity index is 2.11. The van der Waals surface area contributed by atoms with E-state index >= 15 is 0 Å². The van der Waals surface area contributed by atoms with Gasteiger partial charge < -0.3 is 0 Å². The fraction of sp³-hybridized carbons (Fsp3) is 0.412. The van der Waals surface area contributed by atoms with E-state index in [1.165, 1.54) is 0 Å². The Labute approximate surface area is 134 Å². The summed E-state index contributed by atoms with van der Waals surface area (Å²) in [6, 6.07) is 8.07. The standard InChI is InChI=1S/C17H21BrN2O/c1-4-15(5-2)20-9-8-14(19-20)11-17(21)13-6-7-16(18)12(3)10-13/h6-10,15H,4-5,11H2,1-3H3. The van der Waals surface area contributed by atoms with Crippen LogP contribution in [0.15, 0.2) is 34.9 Å². The van der Waals surface area contributed by atoms with Crippen LogP contribution in [0.4, 0.5) is 0 Å². The van der Waals surface area contributed by atoms with Gasteiger partial charge in [0.2, 0.25) is 0 Å². The molecule has 2 rings (SSSR count). The van der Waals surface area contributed by atoms with E-state index in [0.29, 0.717) is 12.5 Å². The number of hydrogen-bond donors (Lipinski definition) is 0. The highest BCUT2D eigenvalue weighted by Gasteiger charge is 2.12. The molecular weight excluding hydrogens is 328 g/mol. The molecule has 0 saturated carbocycles. The van der Waals surface area contributed by atoms with Gasteiger partial charge in [-0.05, 0) is 43.5 Å². The Morgan fingerprint density at radius 3 is 2.62 bits per heavy atom. The quantitative estimate of drug-likeness (QED) is 0.706. The van der Waals surface area contributed by atoms with Gasteiger partial charge in [-0.1, -0.05) is 35.8 Å². The van der Waals surface area contributed by atoms with Crippen LogP contribution in [0.25, 0.3) is 0 Å². The van der Waals surface area contributed by atoms with Gasteiger partial charge in [-0.15, -0.1) is 0 Å². The molecule has 1 aromatic heterocycles.